The zero-order chi connectivity index (χ0) is 17.5. The van der Waals surface area contributed by atoms with E-state index in [9.17, 15) is 18.3 Å². The van der Waals surface area contributed by atoms with E-state index in [1.54, 1.807) is 15.5 Å². The molecule has 0 amide bonds. The van der Waals surface area contributed by atoms with Gasteiger partial charge in [0.1, 0.15) is 5.82 Å². The summed E-state index contributed by atoms with van der Waals surface area (Å²) in [6.45, 7) is 3.18. The first-order chi connectivity index (χ1) is 11.1. The highest BCUT2D eigenvalue weighted by Crippen LogP contribution is 2.31. The largest absolute Gasteiger partial charge is 0.418 e. The molecule has 24 heavy (non-hydrogen) atoms. The van der Waals surface area contributed by atoms with E-state index in [2.05, 4.69) is 15.4 Å². The Morgan fingerprint density at radius 1 is 1.38 bits per heavy atom. The Labute approximate surface area is 137 Å². The van der Waals surface area contributed by atoms with Crippen LogP contribution in [0.4, 0.5) is 19.0 Å². The molecule has 2 aromatic heterocycles. The number of aliphatic hydroxyl groups is 1. The second kappa shape index (κ2) is 5.89. The summed E-state index contributed by atoms with van der Waals surface area (Å²) in [5.74, 6) is 0.648. The Balaban J connectivity index is 1.61. The van der Waals surface area contributed by atoms with Gasteiger partial charge in [0.15, 0.2) is 11.2 Å². The quantitative estimate of drug-likeness (QED) is 0.887. The molecule has 3 heterocycles. The Bertz CT molecular complexity index is 727. The van der Waals surface area contributed by atoms with E-state index in [1.807, 2.05) is 19.2 Å². The fourth-order valence-corrected chi connectivity index (χ4v) is 2.91. The van der Waals surface area contributed by atoms with Crippen molar-refractivity contribution in [1.29, 1.82) is 0 Å². The molecule has 1 aliphatic rings. The number of rotatable bonds is 4. The van der Waals surface area contributed by atoms with Crippen molar-refractivity contribution in [1.82, 2.24) is 19.5 Å². The molecule has 3 rings (SSSR count). The fraction of sp³-hybridized carbons (Fsp3) is 0.600. The smallest absolute Gasteiger partial charge is 0.380 e. The third-order valence-corrected chi connectivity index (χ3v) is 4.21. The van der Waals surface area contributed by atoms with Gasteiger partial charge in [-0.1, -0.05) is 0 Å². The van der Waals surface area contributed by atoms with E-state index in [0.29, 0.717) is 25.3 Å². The highest BCUT2D eigenvalue weighted by molar-refractivity contribution is 5.45. The monoisotopic (exact) mass is 343 g/mol. The van der Waals surface area contributed by atoms with E-state index < -0.39 is 18.3 Å². The SMILES string of the molecule is Cc1cn2nc(N[C@@H]3CCN(C[C@](C)(O)C(F)(F)F)C3)ccc2n1. The number of β-amino-alcohol motifs (C(OH)–C–C–N with tert-alkyl or cyclic N) is 1. The van der Waals surface area contributed by atoms with Crippen LogP contribution in [0.5, 0.6) is 0 Å². The normalized spacial score (nSPS) is 22.0. The lowest BCUT2D eigenvalue weighted by Gasteiger charge is -2.30. The van der Waals surface area contributed by atoms with E-state index >= 15 is 0 Å². The molecule has 0 aliphatic carbocycles. The molecule has 6 nitrogen and oxygen atoms in total. The van der Waals surface area contributed by atoms with Gasteiger partial charge in [-0.25, -0.2) is 9.50 Å². The van der Waals surface area contributed by atoms with Crippen molar-refractivity contribution in [3.8, 4) is 0 Å². The van der Waals surface area contributed by atoms with Gasteiger partial charge in [0, 0.05) is 25.7 Å². The van der Waals surface area contributed by atoms with Gasteiger partial charge in [-0.2, -0.15) is 13.2 Å². The van der Waals surface area contributed by atoms with E-state index in [-0.39, 0.29) is 6.04 Å². The van der Waals surface area contributed by atoms with Crippen molar-refractivity contribution in [3.63, 3.8) is 0 Å². The number of alkyl halides is 3. The Morgan fingerprint density at radius 3 is 2.83 bits per heavy atom. The summed E-state index contributed by atoms with van der Waals surface area (Å²) < 4.78 is 40.0. The number of aryl methyl sites for hydroxylation is 1. The molecule has 0 spiro atoms. The predicted octanol–water partition coefficient (Wildman–Crippen LogP) is 1.84. The minimum atomic E-state index is -4.63. The van der Waals surface area contributed by atoms with Gasteiger partial charge in [-0.3, -0.25) is 4.90 Å². The molecule has 1 saturated heterocycles. The zero-order valence-electron chi connectivity index (χ0n) is 13.5. The van der Waals surface area contributed by atoms with Crippen molar-refractivity contribution >= 4 is 11.5 Å². The van der Waals surface area contributed by atoms with Gasteiger partial charge in [0.05, 0.1) is 11.9 Å². The molecule has 1 aliphatic heterocycles. The number of nitrogens with zero attached hydrogens (tertiary/aromatic N) is 4. The summed E-state index contributed by atoms with van der Waals surface area (Å²) in [6.07, 6.45) is -2.14. The van der Waals surface area contributed by atoms with E-state index in [0.717, 1.165) is 18.3 Å². The standard InChI is InChI=1S/C15H20F3N5O/c1-10-7-23-13(19-10)4-3-12(21-23)20-11-5-6-22(8-11)9-14(2,24)15(16,17)18/h3-4,7,11,24H,5-6,8-9H2,1-2H3,(H,20,21)/t11-,14+/m1/s1. The number of hydrogen-bond acceptors (Lipinski definition) is 5. The molecule has 2 N–H and O–H groups in total. The van der Waals surface area contributed by atoms with Crippen LogP contribution in [-0.2, 0) is 0 Å². The average molecular weight is 343 g/mol. The third-order valence-electron chi connectivity index (χ3n) is 4.21. The first-order valence-electron chi connectivity index (χ1n) is 7.75. The molecule has 0 bridgehead atoms. The number of likely N-dealkylation sites (tertiary alicyclic amines) is 1. The number of anilines is 1. The second-order valence-electron chi connectivity index (χ2n) is 6.54. The predicted molar refractivity (Wildman–Crippen MR) is 82.9 cm³/mol. The lowest BCUT2D eigenvalue weighted by Crippen LogP contribution is -2.51. The van der Waals surface area contributed by atoms with Crippen molar-refractivity contribution in [2.24, 2.45) is 0 Å². The molecule has 9 heteroatoms. The molecule has 0 unspecified atom stereocenters. The Hall–Kier alpha value is -1.87. The minimum Gasteiger partial charge on any atom is -0.380 e. The van der Waals surface area contributed by atoms with Gasteiger partial charge in [0.2, 0.25) is 0 Å². The number of imidazole rings is 1. The lowest BCUT2D eigenvalue weighted by molar-refractivity contribution is -0.256. The zero-order valence-corrected chi connectivity index (χ0v) is 13.5. The van der Waals surface area contributed by atoms with Crippen LogP contribution in [0.1, 0.15) is 19.0 Å². The summed E-state index contributed by atoms with van der Waals surface area (Å²) in [4.78, 5) is 5.91. The summed E-state index contributed by atoms with van der Waals surface area (Å²) in [5.41, 5.74) is -1.10. The van der Waals surface area contributed by atoms with Crippen molar-refractivity contribution in [3.05, 3.63) is 24.0 Å². The van der Waals surface area contributed by atoms with Crippen LogP contribution in [0.15, 0.2) is 18.3 Å². The van der Waals surface area contributed by atoms with Crippen LogP contribution in [-0.4, -0.2) is 62.1 Å². The van der Waals surface area contributed by atoms with E-state index in [1.165, 1.54) is 0 Å². The highest BCUT2D eigenvalue weighted by Gasteiger charge is 2.51. The first kappa shape index (κ1) is 17.0. The summed E-state index contributed by atoms with van der Waals surface area (Å²) in [6, 6.07) is 3.63. The van der Waals surface area contributed by atoms with Gasteiger partial charge in [-0.05, 0) is 32.4 Å². The maximum absolute atomic E-state index is 12.8. The molecule has 0 radical (unpaired) electrons. The third kappa shape index (κ3) is 3.46. The van der Waals surface area contributed by atoms with Crippen molar-refractivity contribution in [2.45, 2.75) is 38.1 Å². The number of halogens is 3. The van der Waals surface area contributed by atoms with Gasteiger partial charge < -0.3 is 10.4 Å². The molecular weight excluding hydrogens is 323 g/mol. The van der Waals surface area contributed by atoms with Crippen LogP contribution >= 0.6 is 0 Å². The van der Waals surface area contributed by atoms with Gasteiger partial charge in [-0.15, -0.1) is 5.10 Å². The maximum Gasteiger partial charge on any atom is 0.418 e. The van der Waals surface area contributed by atoms with Gasteiger partial charge >= 0.3 is 6.18 Å². The number of fused-ring (bicyclic) bond motifs is 1. The van der Waals surface area contributed by atoms with Gasteiger partial charge in [0.25, 0.3) is 0 Å². The molecule has 132 valence electrons. The summed E-state index contributed by atoms with van der Waals surface area (Å²) >= 11 is 0. The van der Waals surface area contributed by atoms with Crippen molar-refractivity contribution in [2.75, 3.05) is 25.0 Å². The topological polar surface area (TPSA) is 65.7 Å². The average Bonchev–Trinajstić information content (AvgIpc) is 3.02. The Kier molecular flexibility index (Phi) is 4.16. The lowest BCUT2D eigenvalue weighted by atomic mass is 10.1. The van der Waals surface area contributed by atoms with Crippen LogP contribution < -0.4 is 5.32 Å². The number of aromatic nitrogens is 3. The van der Waals surface area contributed by atoms with E-state index in [4.69, 9.17) is 0 Å². The molecule has 1 fully saturated rings. The number of nitrogens with one attached hydrogen (secondary N) is 1. The molecule has 2 atom stereocenters. The highest BCUT2D eigenvalue weighted by atomic mass is 19.4. The first-order valence-corrected chi connectivity index (χ1v) is 7.75. The van der Waals surface area contributed by atoms with Crippen LogP contribution in [0.25, 0.3) is 5.65 Å². The second-order valence-corrected chi connectivity index (χ2v) is 6.54. The van der Waals surface area contributed by atoms with Crippen molar-refractivity contribution < 1.29 is 18.3 Å². The van der Waals surface area contributed by atoms with Crippen LogP contribution in [0, 0.1) is 6.92 Å². The fourth-order valence-electron chi connectivity index (χ4n) is 2.91. The van der Waals surface area contributed by atoms with Crippen LogP contribution in [0.2, 0.25) is 0 Å². The maximum atomic E-state index is 12.8. The summed E-state index contributed by atoms with van der Waals surface area (Å²) in [7, 11) is 0. The Morgan fingerprint density at radius 2 is 2.12 bits per heavy atom. The minimum absolute atomic E-state index is 0.0106. The molecule has 0 saturated carbocycles. The number of hydrogen-bond donors (Lipinski definition) is 2. The molecule has 0 aromatic carbocycles. The molecule has 2 aromatic rings. The van der Waals surface area contributed by atoms with Crippen LogP contribution in [0.3, 0.4) is 0 Å². The molecular formula is C15H20F3N5O. The summed E-state index contributed by atoms with van der Waals surface area (Å²) in [5, 5.41) is 17.2.